The van der Waals surface area contributed by atoms with E-state index >= 15 is 0 Å². The molecule has 0 aromatic carbocycles. The second-order valence-corrected chi connectivity index (χ2v) is 9.58. The third-order valence-corrected chi connectivity index (χ3v) is 5.61. The number of ether oxygens (including phenoxy) is 1. The predicted octanol–water partition coefficient (Wildman–Crippen LogP) is 3.19. The molecule has 2 atom stereocenters. The van der Waals surface area contributed by atoms with Crippen molar-refractivity contribution >= 4 is 41.9 Å². The van der Waals surface area contributed by atoms with Crippen molar-refractivity contribution in [3.63, 3.8) is 0 Å². The fraction of sp³-hybridized carbons (Fsp3) is 0.864. The van der Waals surface area contributed by atoms with E-state index in [9.17, 15) is 9.59 Å². The molecule has 3 N–H and O–H groups in total. The number of halogens is 1. The van der Waals surface area contributed by atoms with E-state index in [1.807, 2.05) is 25.7 Å². The molecule has 0 spiro atoms. The zero-order valence-electron chi connectivity index (χ0n) is 19.7. The Hall–Kier alpha value is -1.26. The normalized spacial score (nSPS) is 22.5. The topological polar surface area (TPSA) is 100 Å². The maximum Gasteiger partial charge on any atom is 0.410 e. The number of hydrogen-bond donors (Lipinski definition) is 2. The van der Waals surface area contributed by atoms with Crippen molar-refractivity contribution < 1.29 is 14.3 Å². The number of nitrogens with two attached hydrogens (primary N) is 1. The van der Waals surface area contributed by atoms with Gasteiger partial charge in [0.15, 0.2) is 5.96 Å². The Morgan fingerprint density at radius 1 is 1.10 bits per heavy atom. The Morgan fingerprint density at radius 3 is 2.32 bits per heavy atom. The number of carbonyl (C=O) groups is 2. The van der Waals surface area contributed by atoms with E-state index in [1.165, 1.54) is 0 Å². The van der Waals surface area contributed by atoms with Gasteiger partial charge in [-0.1, -0.05) is 0 Å². The molecular formula is C22H42IN5O3. The SMILES string of the molecule is CCNC(=NCCC1CCCN(C(=O)OC(C)(C)C)C1)N1CCCC(CC(N)=O)C1.I. The smallest absolute Gasteiger partial charge is 0.410 e. The van der Waals surface area contributed by atoms with Crippen LogP contribution in [0.3, 0.4) is 0 Å². The van der Waals surface area contributed by atoms with Crippen LogP contribution in [0.1, 0.15) is 66.2 Å². The van der Waals surface area contributed by atoms with Crippen LogP contribution in [0.25, 0.3) is 0 Å². The molecule has 0 aliphatic carbocycles. The van der Waals surface area contributed by atoms with E-state index in [2.05, 4.69) is 17.1 Å². The molecule has 2 aliphatic rings. The van der Waals surface area contributed by atoms with Crippen molar-refractivity contribution in [1.29, 1.82) is 0 Å². The molecule has 0 radical (unpaired) electrons. The Bertz CT molecular complexity index is 608. The van der Waals surface area contributed by atoms with Gasteiger partial charge in [0.05, 0.1) is 0 Å². The largest absolute Gasteiger partial charge is 0.444 e. The summed E-state index contributed by atoms with van der Waals surface area (Å²) in [5.41, 5.74) is 4.93. The summed E-state index contributed by atoms with van der Waals surface area (Å²) in [6.07, 6.45) is 5.41. The minimum atomic E-state index is -0.462. The number of aliphatic imine (C=N–C) groups is 1. The minimum absolute atomic E-state index is 0. The number of carbonyl (C=O) groups excluding carboxylic acids is 2. The highest BCUT2D eigenvalue weighted by Gasteiger charge is 2.28. The van der Waals surface area contributed by atoms with Crippen molar-refractivity contribution in [3.05, 3.63) is 0 Å². The Morgan fingerprint density at radius 2 is 1.71 bits per heavy atom. The number of hydrogen-bond acceptors (Lipinski definition) is 4. The molecule has 0 aromatic rings. The highest BCUT2D eigenvalue weighted by atomic mass is 127. The standard InChI is InChI=1S/C22H41N5O3.HI/c1-5-24-20(26-12-7-9-18(16-26)14-19(23)28)25-11-10-17-8-6-13-27(15-17)21(29)30-22(2,3)4;/h17-18H,5-16H2,1-4H3,(H2,23,28)(H,24,25);1H. The van der Waals surface area contributed by atoms with Crippen LogP contribution in [0.2, 0.25) is 0 Å². The lowest BCUT2D eigenvalue weighted by atomic mass is 9.94. The van der Waals surface area contributed by atoms with Crippen LogP contribution in [0, 0.1) is 11.8 Å². The van der Waals surface area contributed by atoms with E-state index in [-0.39, 0.29) is 36.0 Å². The predicted molar refractivity (Wildman–Crippen MR) is 135 cm³/mol. The molecule has 180 valence electrons. The first kappa shape index (κ1) is 27.8. The summed E-state index contributed by atoms with van der Waals surface area (Å²) >= 11 is 0. The molecule has 2 saturated heterocycles. The lowest BCUT2D eigenvalue weighted by Crippen LogP contribution is -2.47. The minimum Gasteiger partial charge on any atom is -0.444 e. The maximum atomic E-state index is 12.4. The van der Waals surface area contributed by atoms with Crippen LogP contribution >= 0.6 is 24.0 Å². The van der Waals surface area contributed by atoms with Gasteiger partial charge >= 0.3 is 6.09 Å². The van der Waals surface area contributed by atoms with Crippen LogP contribution < -0.4 is 11.1 Å². The highest BCUT2D eigenvalue weighted by molar-refractivity contribution is 14.0. The fourth-order valence-corrected chi connectivity index (χ4v) is 4.28. The molecule has 8 nitrogen and oxygen atoms in total. The van der Waals surface area contributed by atoms with Crippen molar-refractivity contribution in [2.45, 2.75) is 71.8 Å². The molecule has 0 aromatic heterocycles. The van der Waals surface area contributed by atoms with Crippen LogP contribution in [-0.4, -0.2) is 72.6 Å². The van der Waals surface area contributed by atoms with Crippen molar-refractivity contribution in [1.82, 2.24) is 15.1 Å². The van der Waals surface area contributed by atoms with Crippen LogP contribution in [-0.2, 0) is 9.53 Å². The maximum absolute atomic E-state index is 12.4. The highest BCUT2D eigenvalue weighted by Crippen LogP contribution is 2.22. The van der Waals surface area contributed by atoms with E-state index in [4.69, 9.17) is 15.5 Å². The summed E-state index contributed by atoms with van der Waals surface area (Å²) in [7, 11) is 0. The van der Waals surface area contributed by atoms with Crippen LogP contribution in [0.5, 0.6) is 0 Å². The fourth-order valence-electron chi connectivity index (χ4n) is 4.28. The second-order valence-electron chi connectivity index (χ2n) is 9.58. The van der Waals surface area contributed by atoms with E-state index in [0.717, 1.165) is 77.3 Å². The second kappa shape index (κ2) is 13.3. The molecule has 31 heavy (non-hydrogen) atoms. The quantitative estimate of drug-likeness (QED) is 0.300. The number of nitrogens with one attached hydrogen (secondary N) is 1. The van der Waals surface area contributed by atoms with Crippen LogP contribution in [0.15, 0.2) is 4.99 Å². The van der Waals surface area contributed by atoms with Gasteiger partial charge in [0.2, 0.25) is 5.91 Å². The Labute approximate surface area is 204 Å². The molecule has 0 saturated carbocycles. The summed E-state index contributed by atoms with van der Waals surface area (Å²) in [5.74, 6) is 1.45. The van der Waals surface area contributed by atoms with E-state index < -0.39 is 5.60 Å². The molecular weight excluding hydrogens is 509 g/mol. The van der Waals surface area contributed by atoms with Crippen molar-refractivity contribution in [2.24, 2.45) is 22.6 Å². The van der Waals surface area contributed by atoms with Gasteiger partial charge in [-0.25, -0.2) is 4.79 Å². The first-order valence-corrected chi connectivity index (χ1v) is 11.5. The van der Waals surface area contributed by atoms with Crippen molar-refractivity contribution in [2.75, 3.05) is 39.3 Å². The number of guanidine groups is 1. The van der Waals surface area contributed by atoms with Gasteiger partial charge < -0.3 is 25.6 Å². The van der Waals surface area contributed by atoms with Gasteiger partial charge in [-0.05, 0) is 71.6 Å². The zero-order chi connectivity index (χ0) is 22.1. The molecule has 2 heterocycles. The van der Waals surface area contributed by atoms with Gasteiger partial charge in [0.1, 0.15) is 5.60 Å². The number of primary amides is 1. The number of likely N-dealkylation sites (tertiary alicyclic amines) is 2. The average molecular weight is 552 g/mol. The summed E-state index contributed by atoms with van der Waals surface area (Å²) in [4.78, 5) is 32.6. The third-order valence-electron chi connectivity index (χ3n) is 5.61. The number of piperidine rings is 2. The summed E-state index contributed by atoms with van der Waals surface area (Å²) in [6.45, 7) is 12.6. The van der Waals surface area contributed by atoms with E-state index in [0.29, 0.717) is 18.3 Å². The van der Waals surface area contributed by atoms with Gasteiger partial charge in [0, 0.05) is 45.7 Å². The first-order chi connectivity index (χ1) is 14.2. The monoisotopic (exact) mass is 551 g/mol. The summed E-state index contributed by atoms with van der Waals surface area (Å²) < 4.78 is 5.53. The van der Waals surface area contributed by atoms with Gasteiger partial charge in [-0.3, -0.25) is 9.79 Å². The summed E-state index contributed by atoms with van der Waals surface area (Å²) in [5, 5.41) is 3.39. The number of rotatable bonds is 6. The molecule has 0 bridgehead atoms. The number of nitrogens with zero attached hydrogens (tertiary/aromatic N) is 3. The lowest BCUT2D eigenvalue weighted by molar-refractivity contribution is -0.119. The Kier molecular flexibility index (Phi) is 11.9. The third kappa shape index (κ3) is 10.3. The first-order valence-electron chi connectivity index (χ1n) is 11.5. The molecule has 2 rings (SSSR count). The zero-order valence-corrected chi connectivity index (χ0v) is 22.0. The Balaban J connectivity index is 0.00000480. The molecule has 9 heteroatoms. The van der Waals surface area contributed by atoms with Crippen molar-refractivity contribution in [3.8, 4) is 0 Å². The molecule has 2 unspecified atom stereocenters. The van der Waals surface area contributed by atoms with Gasteiger partial charge in [-0.15, -0.1) is 24.0 Å². The molecule has 2 aliphatic heterocycles. The molecule has 2 amide bonds. The van der Waals surface area contributed by atoms with Crippen LogP contribution in [0.4, 0.5) is 4.79 Å². The average Bonchev–Trinajstić information content (AvgIpc) is 2.66. The van der Waals surface area contributed by atoms with E-state index in [1.54, 1.807) is 0 Å². The lowest BCUT2D eigenvalue weighted by Gasteiger charge is -2.35. The summed E-state index contributed by atoms with van der Waals surface area (Å²) in [6, 6.07) is 0. The number of amides is 2. The van der Waals surface area contributed by atoms with Gasteiger partial charge in [0.25, 0.3) is 0 Å². The van der Waals surface area contributed by atoms with Gasteiger partial charge in [-0.2, -0.15) is 0 Å². The molecule has 2 fully saturated rings.